The first-order valence-corrected chi connectivity index (χ1v) is 10.9. The number of ether oxygens (including phenoxy) is 1. The van der Waals surface area contributed by atoms with Crippen LogP contribution in [0.2, 0.25) is 5.02 Å². The van der Waals surface area contributed by atoms with Gasteiger partial charge in [-0.2, -0.15) is 5.10 Å². The molecule has 32 heavy (non-hydrogen) atoms. The van der Waals surface area contributed by atoms with E-state index in [4.69, 9.17) is 21.3 Å². The third-order valence-electron chi connectivity index (χ3n) is 5.19. The molecule has 0 saturated carbocycles. The lowest BCUT2D eigenvalue weighted by molar-refractivity contribution is 0.0944. The van der Waals surface area contributed by atoms with Gasteiger partial charge in [-0.3, -0.25) is 4.79 Å². The molecule has 0 bridgehead atoms. The maximum atomic E-state index is 13.1. The van der Waals surface area contributed by atoms with Gasteiger partial charge in [-0.15, -0.1) is 0 Å². The number of aromatic nitrogens is 3. The van der Waals surface area contributed by atoms with Crippen LogP contribution in [0.1, 0.15) is 30.8 Å². The molecule has 0 spiro atoms. The number of nitrogens with one attached hydrogen (secondary N) is 1. The molecule has 7 heteroatoms. The molecule has 1 amide bonds. The predicted octanol–water partition coefficient (Wildman–Crippen LogP) is 5.50. The molecule has 0 fully saturated rings. The van der Waals surface area contributed by atoms with Crippen LogP contribution in [0, 0.1) is 5.92 Å². The molecule has 0 unspecified atom stereocenters. The lowest BCUT2D eigenvalue weighted by atomic mass is 10.1. The first kappa shape index (κ1) is 21.8. The Labute approximate surface area is 192 Å². The normalized spacial score (nSPS) is 11.2. The molecule has 2 aromatic heterocycles. The van der Waals surface area contributed by atoms with Crippen LogP contribution in [-0.4, -0.2) is 34.2 Å². The zero-order chi connectivity index (χ0) is 22.7. The van der Waals surface area contributed by atoms with E-state index in [-0.39, 0.29) is 5.91 Å². The summed E-state index contributed by atoms with van der Waals surface area (Å²) in [5.74, 6) is 1.08. The van der Waals surface area contributed by atoms with Crippen LogP contribution in [0.5, 0.6) is 5.75 Å². The Balaban J connectivity index is 1.79. The highest BCUT2D eigenvalue weighted by Gasteiger charge is 2.17. The fourth-order valence-electron chi connectivity index (χ4n) is 3.37. The summed E-state index contributed by atoms with van der Waals surface area (Å²) in [4.78, 5) is 17.8. The number of benzene rings is 2. The summed E-state index contributed by atoms with van der Waals surface area (Å²) in [7, 11) is 1.63. The highest BCUT2D eigenvalue weighted by Crippen LogP contribution is 2.26. The Bertz CT molecular complexity index is 1230. The highest BCUT2D eigenvalue weighted by atomic mass is 35.5. The van der Waals surface area contributed by atoms with Crippen LogP contribution in [0.3, 0.4) is 0 Å². The maximum absolute atomic E-state index is 13.1. The molecule has 0 aliphatic carbocycles. The zero-order valence-corrected chi connectivity index (χ0v) is 19.1. The van der Waals surface area contributed by atoms with Crippen LogP contribution < -0.4 is 10.1 Å². The summed E-state index contributed by atoms with van der Waals surface area (Å²) in [6, 6.07) is 18.7. The molecule has 6 nitrogen and oxygen atoms in total. The Morgan fingerprint density at radius 2 is 1.69 bits per heavy atom. The van der Waals surface area contributed by atoms with Crippen molar-refractivity contribution in [2.75, 3.05) is 13.7 Å². The van der Waals surface area contributed by atoms with Gasteiger partial charge in [-0.25, -0.2) is 9.50 Å². The van der Waals surface area contributed by atoms with Crippen molar-refractivity contribution in [3.63, 3.8) is 0 Å². The van der Waals surface area contributed by atoms with Gasteiger partial charge >= 0.3 is 0 Å². The monoisotopic (exact) mass is 448 g/mol. The van der Waals surface area contributed by atoms with Crippen LogP contribution in [0.25, 0.3) is 28.2 Å². The number of carbonyl (C=O) groups excluding carboxylic acids is 1. The Morgan fingerprint density at radius 1 is 1.03 bits per heavy atom. The van der Waals surface area contributed by atoms with Crippen LogP contribution >= 0.6 is 11.6 Å². The van der Waals surface area contributed by atoms with Crippen molar-refractivity contribution in [3.05, 3.63) is 71.4 Å². The number of halogens is 1. The van der Waals surface area contributed by atoms with Gasteiger partial charge in [0.1, 0.15) is 11.4 Å². The lowest BCUT2D eigenvalue weighted by Crippen LogP contribution is -2.27. The Kier molecular flexibility index (Phi) is 6.42. The number of methoxy groups -OCH3 is 1. The zero-order valence-electron chi connectivity index (χ0n) is 18.3. The van der Waals surface area contributed by atoms with Crippen LogP contribution in [0.4, 0.5) is 0 Å². The lowest BCUT2D eigenvalue weighted by Gasteiger charge is -2.10. The molecule has 0 aliphatic rings. The fraction of sp³-hybridized carbons (Fsp3) is 0.240. The first-order valence-electron chi connectivity index (χ1n) is 10.5. The minimum atomic E-state index is -0.182. The van der Waals surface area contributed by atoms with E-state index >= 15 is 0 Å². The number of hydrogen-bond acceptors (Lipinski definition) is 4. The summed E-state index contributed by atoms with van der Waals surface area (Å²) < 4.78 is 6.85. The van der Waals surface area contributed by atoms with Crippen molar-refractivity contribution < 1.29 is 9.53 Å². The average Bonchev–Trinajstić information content (AvgIpc) is 3.22. The summed E-state index contributed by atoms with van der Waals surface area (Å²) in [6.07, 6.45) is 0.903. The van der Waals surface area contributed by atoms with Gasteiger partial charge in [-0.05, 0) is 54.8 Å². The molecule has 0 radical (unpaired) electrons. The van der Waals surface area contributed by atoms with Gasteiger partial charge in [0, 0.05) is 28.8 Å². The number of carbonyl (C=O) groups is 1. The van der Waals surface area contributed by atoms with Gasteiger partial charge in [0.25, 0.3) is 5.91 Å². The standard InChI is InChI=1S/C25H25ClN4O2/c1-16(2)12-13-27-25(31)23-14-21(17-6-10-20(32-3)11-7-17)28-24-15-22(29-30(23)24)18-4-8-19(26)9-5-18/h4-11,14-16H,12-13H2,1-3H3,(H,27,31). The molecule has 0 atom stereocenters. The predicted molar refractivity (Wildman–Crippen MR) is 127 cm³/mol. The molecule has 4 rings (SSSR count). The summed E-state index contributed by atoms with van der Waals surface area (Å²) >= 11 is 6.03. The van der Waals surface area contributed by atoms with E-state index in [1.807, 2.05) is 54.6 Å². The van der Waals surface area contributed by atoms with Gasteiger partial charge in [0.2, 0.25) is 0 Å². The smallest absolute Gasteiger partial charge is 0.270 e. The molecule has 0 aliphatic heterocycles. The minimum absolute atomic E-state index is 0.182. The Hall–Kier alpha value is -3.38. The second kappa shape index (κ2) is 9.40. The van der Waals surface area contributed by atoms with E-state index in [0.717, 1.165) is 29.0 Å². The first-order chi connectivity index (χ1) is 15.4. The van der Waals surface area contributed by atoms with E-state index in [1.165, 1.54) is 0 Å². The SMILES string of the molecule is COc1ccc(-c2cc(C(=O)NCCC(C)C)n3nc(-c4ccc(Cl)cc4)cc3n2)cc1. The van der Waals surface area contributed by atoms with Crippen LogP contribution in [0.15, 0.2) is 60.7 Å². The molecular weight excluding hydrogens is 424 g/mol. The summed E-state index contributed by atoms with van der Waals surface area (Å²) in [5, 5.41) is 8.34. The molecule has 164 valence electrons. The molecule has 0 saturated heterocycles. The van der Waals surface area contributed by atoms with E-state index in [2.05, 4.69) is 24.3 Å². The number of nitrogens with zero attached hydrogens (tertiary/aromatic N) is 3. The summed E-state index contributed by atoms with van der Waals surface area (Å²) in [6.45, 7) is 4.86. The van der Waals surface area contributed by atoms with Gasteiger partial charge < -0.3 is 10.1 Å². The number of amides is 1. The minimum Gasteiger partial charge on any atom is -0.497 e. The van der Waals surface area contributed by atoms with Crippen molar-refractivity contribution in [1.29, 1.82) is 0 Å². The van der Waals surface area contributed by atoms with Crippen molar-refractivity contribution >= 4 is 23.2 Å². The van der Waals surface area contributed by atoms with E-state index in [9.17, 15) is 4.79 Å². The van der Waals surface area contributed by atoms with Crippen molar-refractivity contribution in [2.24, 2.45) is 5.92 Å². The van der Waals surface area contributed by atoms with E-state index < -0.39 is 0 Å². The summed E-state index contributed by atoms with van der Waals surface area (Å²) in [5.41, 5.74) is 4.23. The molecular formula is C25H25ClN4O2. The Morgan fingerprint density at radius 3 is 2.34 bits per heavy atom. The van der Waals surface area contributed by atoms with Crippen molar-refractivity contribution in [1.82, 2.24) is 19.9 Å². The van der Waals surface area contributed by atoms with Gasteiger partial charge in [0.15, 0.2) is 5.65 Å². The third kappa shape index (κ3) is 4.75. The van der Waals surface area contributed by atoms with Gasteiger partial charge in [0.05, 0.1) is 18.5 Å². The quantitative estimate of drug-likeness (QED) is 0.405. The largest absolute Gasteiger partial charge is 0.497 e. The van der Waals surface area contributed by atoms with Gasteiger partial charge in [-0.1, -0.05) is 37.6 Å². The van der Waals surface area contributed by atoms with E-state index in [1.54, 1.807) is 17.7 Å². The second-order valence-electron chi connectivity index (χ2n) is 8.00. The maximum Gasteiger partial charge on any atom is 0.270 e. The number of rotatable bonds is 7. The topological polar surface area (TPSA) is 68.5 Å². The van der Waals surface area contributed by atoms with Crippen molar-refractivity contribution in [2.45, 2.75) is 20.3 Å². The number of hydrogen-bond donors (Lipinski definition) is 1. The molecule has 2 aromatic carbocycles. The molecule has 4 aromatic rings. The van der Waals surface area contributed by atoms with E-state index in [0.29, 0.717) is 34.5 Å². The third-order valence-corrected chi connectivity index (χ3v) is 5.44. The number of fused-ring (bicyclic) bond motifs is 1. The van der Waals surface area contributed by atoms with Crippen molar-refractivity contribution in [3.8, 4) is 28.3 Å². The highest BCUT2D eigenvalue weighted by molar-refractivity contribution is 6.30. The van der Waals surface area contributed by atoms with Crippen LogP contribution in [-0.2, 0) is 0 Å². The second-order valence-corrected chi connectivity index (χ2v) is 8.44. The average molecular weight is 449 g/mol. The fourth-order valence-corrected chi connectivity index (χ4v) is 3.50. The molecule has 2 heterocycles. The molecule has 1 N–H and O–H groups in total.